The van der Waals surface area contributed by atoms with Gasteiger partial charge in [0.1, 0.15) is 0 Å². The molecule has 10 heteroatoms. The van der Waals surface area contributed by atoms with E-state index in [1.165, 1.54) is 36.4 Å². The molecule has 0 spiro atoms. The lowest BCUT2D eigenvalue weighted by Crippen LogP contribution is -2.03. The maximum Gasteiger partial charge on any atom is 0.202 e. The van der Waals surface area contributed by atoms with Crippen LogP contribution >= 0.6 is 23.5 Å². The Labute approximate surface area is 170 Å². The van der Waals surface area contributed by atoms with E-state index in [1.54, 1.807) is 0 Å². The SMILES string of the molecule is CS(=O)(=O)c1ccc2c(c1)SC(=C1Sc3cc(S(C)(=O)=O)ccc3C1=O)C2=O. The van der Waals surface area contributed by atoms with E-state index in [0.717, 1.165) is 36.0 Å². The second kappa shape index (κ2) is 6.31. The molecule has 4 rings (SSSR count). The Balaban J connectivity index is 1.78. The summed E-state index contributed by atoms with van der Waals surface area (Å²) in [5.74, 6) is -0.681. The minimum Gasteiger partial charge on any atom is -0.288 e. The van der Waals surface area contributed by atoms with Gasteiger partial charge in [-0.2, -0.15) is 0 Å². The monoisotopic (exact) mass is 452 g/mol. The summed E-state index contributed by atoms with van der Waals surface area (Å²) in [4.78, 5) is 27.2. The van der Waals surface area contributed by atoms with Gasteiger partial charge in [-0.1, -0.05) is 23.5 Å². The van der Waals surface area contributed by atoms with Crippen LogP contribution in [0, 0.1) is 0 Å². The lowest BCUT2D eigenvalue weighted by molar-refractivity contribution is 0.101. The van der Waals surface area contributed by atoms with Crippen molar-refractivity contribution in [2.75, 3.05) is 12.5 Å². The summed E-state index contributed by atoms with van der Waals surface area (Å²) >= 11 is 2.12. The summed E-state index contributed by atoms with van der Waals surface area (Å²) in [6.45, 7) is 0. The van der Waals surface area contributed by atoms with E-state index < -0.39 is 19.7 Å². The summed E-state index contributed by atoms with van der Waals surface area (Å²) in [5.41, 5.74) is 0.696. The molecule has 0 bridgehead atoms. The second-order valence-electron chi connectivity index (χ2n) is 6.38. The number of hydrogen-bond acceptors (Lipinski definition) is 8. The second-order valence-corrected chi connectivity index (χ2v) is 12.5. The molecule has 0 amide bonds. The van der Waals surface area contributed by atoms with Gasteiger partial charge in [0.15, 0.2) is 19.7 Å². The van der Waals surface area contributed by atoms with Crippen LogP contribution in [0.1, 0.15) is 20.7 Å². The molecule has 2 aromatic rings. The van der Waals surface area contributed by atoms with Gasteiger partial charge >= 0.3 is 0 Å². The van der Waals surface area contributed by atoms with Crippen molar-refractivity contribution >= 4 is 54.8 Å². The van der Waals surface area contributed by atoms with E-state index in [2.05, 4.69) is 0 Å². The Kier molecular flexibility index (Phi) is 4.38. The first-order valence-corrected chi connectivity index (χ1v) is 13.3. The summed E-state index contributed by atoms with van der Waals surface area (Å²) in [7, 11) is -6.84. The maximum atomic E-state index is 12.8. The van der Waals surface area contributed by atoms with Crippen LogP contribution in [0.4, 0.5) is 0 Å². The van der Waals surface area contributed by atoms with Crippen LogP contribution in [-0.4, -0.2) is 40.9 Å². The standard InChI is InChI=1S/C18H12O6S4/c1-27(21,22)9-3-5-11-13(7-9)25-17(15(11)19)18-16(20)12-6-4-10(28(2,23)24)8-14(12)26-18/h3-8H,1-2H3. The van der Waals surface area contributed by atoms with Crippen molar-refractivity contribution in [3.63, 3.8) is 0 Å². The van der Waals surface area contributed by atoms with Crippen molar-refractivity contribution in [2.45, 2.75) is 19.6 Å². The fourth-order valence-electron chi connectivity index (χ4n) is 2.87. The minimum atomic E-state index is -3.42. The van der Waals surface area contributed by atoms with Crippen molar-refractivity contribution in [3.05, 3.63) is 57.3 Å². The summed E-state index contributed by atoms with van der Waals surface area (Å²) in [6, 6.07) is 8.51. The van der Waals surface area contributed by atoms with Crippen molar-refractivity contribution in [2.24, 2.45) is 0 Å². The molecule has 0 radical (unpaired) electrons. The largest absolute Gasteiger partial charge is 0.288 e. The molecular formula is C18H12O6S4. The number of rotatable bonds is 2. The molecule has 0 atom stereocenters. The number of benzene rings is 2. The summed E-state index contributed by atoms with van der Waals surface area (Å²) < 4.78 is 47.0. The number of thioether (sulfide) groups is 2. The fourth-order valence-corrected chi connectivity index (χ4v) is 6.69. The van der Waals surface area contributed by atoms with Gasteiger partial charge in [-0.3, -0.25) is 9.59 Å². The maximum absolute atomic E-state index is 12.8. The fraction of sp³-hybridized carbons (Fsp3) is 0.111. The molecule has 144 valence electrons. The minimum absolute atomic E-state index is 0.101. The molecule has 28 heavy (non-hydrogen) atoms. The molecule has 0 unspecified atom stereocenters. The van der Waals surface area contributed by atoms with Crippen molar-refractivity contribution < 1.29 is 26.4 Å². The number of hydrogen-bond donors (Lipinski definition) is 0. The Morgan fingerprint density at radius 2 is 1.00 bits per heavy atom. The highest BCUT2D eigenvalue weighted by Crippen LogP contribution is 2.50. The number of allylic oxidation sites excluding steroid dienone is 2. The third-order valence-corrected chi connectivity index (χ3v) is 8.95. The van der Waals surface area contributed by atoms with Crippen LogP contribution in [-0.2, 0) is 19.7 Å². The van der Waals surface area contributed by atoms with Crippen LogP contribution in [0.2, 0.25) is 0 Å². The molecule has 0 aromatic heterocycles. The number of sulfone groups is 2. The van der Waals surface area contributed by atoms with Crippen molar-refractivity contribution in [3.8, 4) is 0 Å². The third-order valence-electron chi connectivity index (χ3n) is 4.29. The van der Waals surface area contributed by atoms with E-state index in [9.17, 15) is 26.4 Å². The molecule has 2 aliphatic rings. The van der Waals surface area contributed by atoms with E-state index in [0.29, 0.717) is 20.9 Å². The van der Waals surface area contributed by atoms with Crippen LogP contribution in [0.3, 0.4) is 0 Å². The normalized spacial score (nSPS) is 19.1. The molecular weight excluding hydrogens is 440 g/mol. The highest BCUT2D eigenvalue weighted by Gasteiger charge is 2.36. The number of fused-ring (bicyclic) bond motifs is 2. The molecule has 0 saturated carbocycles. The molecule has 0 aliphatic carbocycles. The Bertz CT molecular complexity index is 1230. The Morgan fingerprint density at radius 3 is 1.32 bits per heavy atom. The predicted molar refractivity (Wildman–Crippen MR) is 107 cm³/mol. The Morgan fingerprint density at radius 1 is 0.643 bits per heavy atom. The van der Waals surface area contributed by atoms with E-state index in [-0.39, 0.29) is 31.2 Å². The zero-order valence-electron chi connectivity index (χ0n) is 14.5. The lowest BCUT2D eigenvalue weighted by Gasteiger charge is -2.00. The zero-order chi connectivity index (χ0) is 20.4. The van der Waals surface area contributed by atoms with Gasteiger partial charge in [0.05, 0.1) is 19.6 Å². The molecule has 6 nitrogen and oxygen atoms in total. The van der Waals surface area contributed by atoms with Gasteiger partial charge in [0.2, 0.25) is 11.6 Å². The van der Waals surface area contributed by atoms with Crippen molar-refractivity contribution in [1.82, 2.24) is 0 Å². The molecule has 2 aromatic carbocycles. The van der Waals surface area contributed by atoms with E-state index in [4.69, 9.17) is 0 Å². The van der Waals surface area contributed by atoms with Gasteiger partial charge in [0, 0.05) is 33.4 Å². The average molecular weight is 453 g/mol. The van der Waals surface area contributed by atoms with Gasteiger partial charge in [-0.25, -0.2) is 16.8 Å². The molecule has 2 aliphatic heterocycles. The van der Waals surface area contributed by atoms with E-state index >= 15 is 0 Å². The molecule has 0 N–H and O–H groups in total. The van der Waals surface area contributed by atoms with Crippen LogP contribution in [0.25, 0.3) is 0 Å². The zero-order valence-corrected chi connectivity index (χ0v) is 17.8. The predicted octanol–water partition coefficient (Wildman–Crippen LogP) is 2.98. The number of Topliss-reactive ketones (excluding diaryl/α,β-unsaturated/α-hetero) is 2. The highest BCUT2D eigenvalue weighted by molar-refractivity contribution is 8.08. The molecule has 0 saturated heterocycles. The number of carbonyl (C=O) groups excluding carboxylic acids is 2. The quantitative estimate of drug-likeness (QED) is 0.641. The number of ketones is 2. The van der Waals surface area contributed by atoms with Crippen LogP contribution < -0.4 is 0 Å². The highest BCUT2D eigenvalue weighted by atomic mass is 32.2. The summed E-state index contributed by atoms with van der Waals surface area (Å²) in [5, 5.41) is 0. The van der Waals surface area contributed by atoms with Gasteiger partial charge in [-0.15, -0.1) is 0 Å². The molecule has 0 fully saturated rings. The number of carbonyl (C=O) groups is 2. The van der Waals surface area contributed by atoms with E-state index in [1.807, 2.05) is 0 Å². The molecule has 2 heterocycles. The third kappa shape index (κ3) is 3.14. The van der Waals surface area contributed by atoms with Gasteiger partial charge in [-0.05, 0) is 36.4 Å². The van der Waals surface area contributed by atoms with Gasteiger partial charge < -0.3 is 0 Å². The Hall–Kier alpha value is -1.88. The first-order chi connectivity index (χ1) is 13.0. The summed E-state index contributed by atoms with van der Waals surface area (Å²) in [6.07, 6.45) is 2.17. The van der Waals surface area contributed by atoms with Crippen LogP contribution in [0.15, 0.2) is 65.8 Å². The first kappa shape index (κ1) is 19.4. The van der Waals surface area contributed by atoms with Crippen LogP contribution in [0.5, 0.6) is 0 Å². The first-order valence-electron chi connectivity index (χ1n) is 7.84. The topological polar surface area (TPSA) is 102 Å². The average Bonchev–Trinajstić information content (AvgIpc) is 3.10. The van der Waals surface area contributed by atoms with Crippen molar-refractivity contribution in [1.29, 1.82) is 0 Å². The lowest BCUT2D eigenvalue weighted by atomic mass is 10.1. The smallest absolute Gasteiger partial charge is 0.202 e. The van der Waals surface area contributed by atoms with Gasteiger partial charge in [0.25, 0.3) is 0 Å².